The van der Waals surface area contributed by atoms with Crippen LogP contribution in [0.25, 0.3) is 71.9 Å². The maximum atomic E-state index is 5.96. The molecule has 4 aromatic carbocycles. The van der Waals surface area contributed by atoms with Gasteiger partial charge in [0, 0.05) is 37.9 Å². The molecule has 4 heterocycles. The first kappa shape index (κ1) is 22.0. The molecule has 5 nitrogen and oxygen atoms in total. The molecule has 0 N–H and O–H groups in total. The van der Waals surface area contributed by atoms with Crippen LogP contribution in [0, 0.1) is 12.4 Å². The summed E-state index contributed by atoms with van der Waals surface area (Å²) in [6.07, 6.45) is 3.45. The minimum Gasteiger partial charge on any atom is -0.661 e. The van der Waals surface area contributed by atoms with Crippen molar-refractivity contribution in [1.82, 2.24) is 14.5 Å². The molecule has 0 radical (unpaired) electrons. The van der Waals surface area contributed by atoms with Crippen molar-refractivity contribution in [2.45, 2.75) is 0 Å². The van der Waals surface area contributed by atoms with Gasteiger partial charge >= 0.3 is 0 Å². The Hall–Kier alpha value is -4.21. The van der Waals surface area contributed by atoms with E-state index in [2.05, 4.69) is 71.6 Å². The van der Waals surface area contributed by atoms with E-state index in [0.717, 1.165) is 71.9 Å². The molecule has 8 rings (SSSR count). The zero-order chi connectivity index (χ0) is 23.8. The number of hydrogen-bond donors (Lipinski definition) is 0. The van der Waals surface area contributed by atoms with Gasteiger partial charge in [0.05, 0.1) is 29.4 Å². The molecule has 0 amide bonds. The van der Waals surface area contributed by atoms with E-state index in [1.165, 1.54) is 0 Å². The molecule has 4 aromatic heterocycles. The number of rotatable bonds is 2. The van der Waals surface area contributed by atoms with Crippen LogP contribution in [-0.2, 0) is 28.1 Å². The zero-order valence-electron chi connectivity index (χ0n) is 19.7. The van der Waals surface area contributed by atoms with Crippen molar-refractivity contribution in [2.24, 2.45) is 7.05 Å². The molecular weight excluding hydrogens is 639 g/mol. The number of aromatic nitrogens is 4. The number of aryl methyl sites for hydroxylation is 1. The fourth-order valence-electron chi connectivity index (χ4n) is 5.29. The summed E-state index contributed by atoms with van der Waals surface area (Å²) in [6.45, 7) is 0. The van der Waals surface area contributed by atoms with E-state index in [0.29, 0.717) is 0 Å². The minimum atomic E-state index is 0. The molecule has 8 aromatic rings. The third kappa shape index (κ3) is 3.14. The Balaban J connectivity index is 0.00000231. The summed E-state index contributed by atoms with van der Waals surface area (Å²) < 4.78 is 10.1. The molecule has 0 fully saturated rings. The predicted molar refractivity (Wildman–Crippen MR) is 141 cm³/mol. The molecule has 0 saturated carbocycles. The standard InChI is InChI=1S/C31H18N4O.Pt/c1-34-18-35(25-13-4-3-12-24(25)34)26-14-7-10-20-19-9-6-11-21(29(19)33-30(20)26)23-16-17-28-31(32-23)22-8-2-5-15-27(22)36-28;/h2-7,9-17H,1H3;/q-2;. The number of furan rings is 1. The smallest absolute Gasteiger partial charge is 0.244 e. The van der Waals surface area contributed by atoms with Gasteiger partial charge in [-0.15, -0.1) is 35.3 Å². The summed E-state index contributed by atoms with van der Waals surface area (Å²) in [4.78, 5) is 10.2. The first-order chi connectivity index (χ1) is 17.8. The van der Waals surface area contributed by atoms with Gasteiger partial charge in [-0.2, -0.15) is 0 Å². The van der Waals surface area contributed by atoms with Gasteiger partial charge < -0.3 is 18.5 Å². The molecule has 37 heavy (non-hydrogen) atoms. The van der Waals surface area contributed by atoms with E-state index in [9.17, 15) is 0 Å². The van der Waals surface area contributed by atoms with Crippen molar-refractivity contribution in [3.8, 4) is 16.9 Å². The average molecular weight is 658 g/mol. The van der Waals surface area contributed by atoms with Crippen molar-refractivity contribution in [1.29, 1.82) is 0 Å². The van der Waals surface area contributed by atoms with E-state index >= 15 is 0 Å². The van der Waals surface area contributed by atoms with Crippen LogP contribution in [0.5, 0.6) is 0 Å². The van der Waals surface area contributed by atoms with Crippen LogP contribution in [0.15, 0.2) is 95.4 Å². The number of imidazole rings is 1. The fourth-order valence-corrected chi connectivity index (χ4v) is 5.29. The molecule has 0 atom stereocenters. The maximum Gasteiger partial charge on any atom is 0.244 e. The Bertz CT molecular complexity index is 2130. The number of nitrogens with zero attached hydrogens (tertiary/aromatic N) is 4. The van der Waals surface area contributed by atoms with Gasteiger partial charge in [-0.1, -0.05) is 66.0 Å². The van der Waals surface area contributed by atoms with E-state index < -0.39 is 0 Å². The number of pyridine rings is 1. The molecule has 0 bridgehead atoms. The Morgan fingerprint density at radius 2 is 1.68 bits per heavy atom. The summed E-state index contributed by atoms with van der Waals surface area (Å²) >= 11 is 0. The summed E-state index contributed by atoms with van der Waals surface area (Å²) in [5, 5.41) is 3.12. The second kappa shape index (κ2) is 8.15. The SMILES string of the molecule is Cn1[c-][n+](-c2cccc3c2[n-]c2c(-c4ccc5oc6ccc[c-]c6c5n4)cccc23)c2ccccc21.[Pt]. The van der Waals surface area contributed by atoms with Crippen molar-refractivity contribution < 1.29 is 30.0 Å². The number of para-hydroxylation sites is 4. The molecule has 180 valence electrons. The van der Waals surface area contributed by atoms with Gasteiger partial charge in [0.15, 0.2) is 0 Å². The van der Waals surface area contributed by atoms with Gasteiger partial charge in [-0.05, 0) is 28.5 Å². The quantitative estimate of drug-likeness (QED) is 0.163. The van der Waals surface area contributed by atoms with Crippen molar-refractivity contribution in [2.75, 3.05) is 0 Å². The zero-order valence-corrected chi connectivity index (χ0v) is 21.9. The number of benzene rings is 4. The van der Waals surface area contributed by atoms with Crippen LogP contribution in [0.3, 0.4) is 0 Å². The van der Waals surface area contributed by atoms with E-state index in [4.69, 9.17) is 14.4 Å². The van der Waals surface area contributed by atoms with Crippen LogP contribution in [0.1, 0.15) is 0 Å². The monoisotopic (exact) mass is 657 g/mol. The third-order valence-electron chi connectivity index (χ3n) is 6.95. The molecule has 0 unspecified atom stereocenters. The fraction of sp³-hybridized carbons (Fsp3) is 0.0323. The Kier molecular flexibility index (Phi) is 4.85. The van der Waals surface area contributed by atoms with Crippen LogP contribution in [0.2, 0.25) is 0 Å². The molecule has 0 aliphatic carbocycles. The van der Waals surface area contributed by atoms with Crippen LogP contribution in [0.4, 0.5) is 0 Å². The van der Waals surface area contributed by atoms with E-state index in [1.54, 1.807) is 0 Å². The summed E-state index contributed by atoms with van der Waals surface area (Å²) in [7, 11) is 2.02. The number of hydrogen-bond acceptors (Lipinski definition) is 2. The second-order valence-corrected chi connectivity index (χ2v) is 9.02. The van der Waals surface area contributed by atoms with E-state index in [1.807, 2.05) is 48.0 Å². The van der Waals surface area contributed by atoms with Crippen molar-refractivity contribution in [3.63, 3.8) is 0 Å². The Morgan fingerprint density at radius 1 is 0.838 bits per heavy atom. The van der Waals surface area contributed by atoms with Crippen LogP contribution in [-0.4, -0.2) is 9.55 Å². The van der Waals surface area contributed by atoms with Crippen molar-refractivity contribution in [3.05, 3.63) is 103 Å². The maximum absolute atomic E-state index is 5.96. The summed E-state index contributed by atoms with van der Waals surface area (Å²) in [5.74, 6) is 0. The topological polar surface area (TPSA) is 48.9 Å². The van der Waals surface area contributed by atoms with Crippen LogP contribution >= 0.6 is 0 Å². The summed E-state index contributed by atoms with van der Waals surface area (Å²) in [5.41, 5.74) is 9.32. The van der Waals surface area contributed by atoms with E-state index in [-0.39, 0.29) is 21.1 Å². The number of fused-ring (bicyclic) bond motifs is 7. The molecule has 0 aliphatic heterocycles. The molecular formula is C31H18N4OPt-2. The van der Waals surface area contributed by atoms with Crippen molar-refractivity contribution >= 4 is 54.9 Å². The summed E-state index contributed by atoms with van der Waals surface area (Å²) in [6, 6.07) is 34.0. The Labute approximate surface area is 226 Å². The van der Waals surface area contributed by atoms with Gasteiger partial charge in [-0.3, -0.25) is 4.98 Å². The largest absolute Gasteiger partial charge is 0.661 e. The normalized spacial score (nSPS) is 11.7. The van der Waals surface area contributed by atoms with Gasteiger partial charge in [0.1, 0.15) is 0 Å². The first-order valence-electron chi connectivity index (χ1n) is 11.8. The van der Waals surface area contributed by atoms with Gasteiger partial charge in [0.25, 0.3) is 0 Å². The van der Waals surface area contributed by atoms with Crippen LogP contribution < -0.4 is 9.55 Å². The predicted octanol–water partition coefficient (Wildman–Crippen LogP) is 6.28. The molecule has 0 saturated heterocycles. The molecule has 0 aliphatic rings. The van der Waals surface area contributed by atoms with Gasteiger partial charge in [-0.25, -0.2) is 0 Å². The third-order valence-corrected chi connectivity index (χ3v) is 6.95. The molecule has 0 spiro atoms. The van der Waals surface area contributed by atoms with Gasteiger partial charge in [0.2, 0.25) is 6.33 Å². The average Bonchev–Trinajstić information content (AvgIpc) is 3.59. The first-order valence-corrected chi connectivity index (χ1v) is 11.8. The molecule has 6 heteroatoms. The minimum absolute atomic E-state index is 0. The second-order valence-electron chi connectivity index (χ2n) is 9.02. The Morgan fingerprint density at radius 3 is 2.59 bits per heavy atom.